The van der Waals surface area contributed by atoms with Crippen molar-refractivity contribution in [2.24, 2.45) is 5.73 Å². The molecule has 2 aromatic rings. The second kappa shape index (κ2) is 5.38. The molecule has 1 amide bonds. The zero-order chi connectivity index (χ0) is 14.0. The Kier molecular flexibility index (Phi) is 3.82. The van der Waals surface area contributed by atoms with Crippen molar-refractivity contribution in [3.8, 4) is 0 Å². The van der Waals surface area contributed by atoms with E-state index in [4.69, 9.17) is 17.3 Å². The molecule has 0 aliphatic carbocycles. The van der Waals surface area contributed by atoms with Gasteiger partial charge in [0.15, 0.2) is 0 Å². The second-order valence-corrected chi connectivity index (χ2v) is 4.62. The number of aromatic nitrogens is 2. The van der Waals surface area contributed by atoms with Crippen LogP contribution in [0.2, 0.25) is 5.02 Å². The van der Waals surface area contributed by atoms with Crippen molar-refractivity contribution >= 4 is 28.4 Å². The minimum absolute atomic E-state index is 0.238. The normalized spacial score (nSPS) is 12.5. The Hall–Kier alpha value is -1.92. The summed E-state index contributed by atoms with van der Waals surface area (Å²) in [4.78, 5) is 29.6. The van der Waals surface area contributed by atoms with E-state index < -0.39 is 11.9 Å². The first-order valence-electron chi connectivity index (χ1n) is 5.68. The fraction of sp³-hybridized carbons (Fsp3) is 0.250. The maximum Gasteiger partial charge on any atom is 0.258 e. The molecule has 100 valence electrons. The van der Waals surface area contributed by atoms with Gasteiger partial charge in [0.25, 0.3) is 5.56 Å². The van der Waals surface area contributed by atoms with Crippen LogP contribution in [0.25, 0.3) is 10.9 Å². The largest absolute Gasteiger partial charge is 0.368 e. The van der Waals surface area contributed by atoms with Gasteiger partial charge in [0.05, 0.1) is 23.5 Å². The van der Waals surface area contributed by atoms with Crippen molar-refractivity contribution < 1.29 is 4.79 Å². The van der Waals surface area contributed by atoms with Crippen LogP contribution in [0.1, 0.15) is 12.7 Å². The molecule has 7 heteroatoms. The summed E-state index contributed by atoms with van der Waals surface area (Å²) in [5, 5.41) is 3.84. The topological polar surface area (TPSA) is 101 Å². The first-order chi connectivity index (χ1) is 8.97. The molecule has 0 saturated heterocycles. The predicted molar refractivity (Wildman–Crippen MR) is 72.9 cm³/mol. The summed E-state index contributed by atoms with van der Waals surface area (Å²) in [6.45, 7) is 1.88. The van der Waals surface area contributed by atoms with E-state index in [0.29, 0.717) is 21.7 Å². The molecule has 1 unspecified atom stereocenters. The lowest BCUT2D eigenvalue weighted by Gasteiger charge is -2.09. The smallest absolute Gasteiger partial charge is 0.258 e. The van der Waals surface area contributed by atoms with E-state index in [0.717, 1.165) is 0 Å². The van der Waals surface area contributed by atoms with Crippen molar-refractivity contribution in [3.63, 3.8) is 0 Å². The maximum atomic E-state index is 11.8. The molecule has 0 aliphatic heterocycles. The lowest BCUT2D eigenvalue weighted by molar-refractivity contribution is -0.119. The van der Waals surface area contributed by atoms with E-state index in [1.165, 1.54) is 0 Å². The number of hydrogen-bond acceptors (Lipinski definition) is 4. The summed E-state index contributed by atoms with van der Waals surface area (Å²) in [6, 6.07) is 4.37. The molecule has 2 rings (SSSR count). The number of fused-ring (bicyclic) bond motifs is 1. The molecule has 0 spiro atoms. The molecule has 0 saturated carbocycles. The van der Waals surface area contributed by atoms with Gasteiger partial charge in [-0.3, -0.25) is 14.9 Å². The van der Waals surface area contributed by atoms with Gasteiger partial charge in [-0.1, -0.05) is 11.6 Å². The van der Waals surface area contributed by atoms with Crippen molar-refractivity contribution in [2.45, 2.75) is 19.5 Å². The second-order valence-electron chi connectivity index (χ2n) is 4.18. The summed E-state index contributed by atoms with van der Waals surface area (Å²) < 4.78 is 0. The highest BCUT2D eigenvalue weighted by atomic mass is 35.5. The Balaban J connectivity index is 2.30. The van der Waals surface area contributed by atoms with Crippen LogP contribution in [-0.2, 0) is 11.3 Å². The number of carbonyl (C=O) groups excluding carboxylic acids is 1. The Morgan fingerprint density at radius 2 is 2.32 bits per heavy atom. The maximum absolute atomic E-state index is 11.8. The number of benzene rings is 1. The quantitative estimate of drug-likeness (QED) is 0.761. The number of nitrogens with one attached hydrogen (secondary N) is 2. The van der Waals surface area contributed by atoms with Crippen LogP contribution in [0.5, 0.6) is 0 Å². The molecule has 6 nitrogen and oxygen atoms in total. The number of amides is 1. The number of carbonyl (C=O) groups is 1. The first-order valence-corrected chi connectivity index (χ1v) is 6.06. The minimum atomic E-state index is -0.500. The minimum Gasteiger partial charge on any atom is -0.368 e. The molecule has 1 atom stereocenters. The third-order valence-electron chi connectivity index (χ3n) is 2.72. The summed E-state index contributed by atoms with van der Waals surface area (Å²) >= 11 is 5.86. The fourth-order valence-electron chi connectivity index (χ4n) is 1.60. The van der Waals surface area contributed by atoms with E-state index in [1.807, 2.05) is 0 Å². The molecule has 1 aromatic carbocycles. The molecule has 1 aromatic heterocycles. The zero-order valence-corrected chi connectivity index (χ0v) is 11.0. The van der Waals surface area contributed by atoms with Crippen molar-refractivity contribution in [1.82, 2.24) is 15.3 Å². The molecule has 0 radical (unpaired) electrons. The van der Waals surface area contributed by atoms with Crippen LogP contribution in [-0.4, -0.2) is 21.9 Å². The van der Waals surface area contributed by atoms with Gasteiger partial charge in [0, 0.05) is 5.02 Å². The van der Waals surface area contributed by atoms with Crippen LogP contribution in [0.3, 0.4) is 0 Å². The Morgan fingerprint density at radius 3 is 3.00 bits per heavy atom. The first kappa shape index (κ1) is 13.5. The summed E-state index contributed by atoms with van der Waals surface area (Å²) in [6.07, 6.45) is 0. The number of aromatic amines is 1. The van der Waals surface area contributed by atoms with Gasteiger partial charge in [-0.05, 0) is 25.1 Å². The number of nitrogens with zero attached hydrogens (tertiary/aromatic N) is 1. The molecule has 0 aliphatic rings. The lowest BCUT2D eigenvalue weighted by Crippen LogP contribution is -2.38. The molecular weight excluding hydrogens is 268 g/mol. The van der Waals surface area contributed by atoms with Gasteiger partial charge in [-0.15, -0.1) is 0 Å². The Morgan fingerprint density at radius 1 is 1.58 bits per heavy atom. The molecule has 0 bridgehead atoms. The number of rotatable bonds is 4. The lowest BCUT2D eigenvalue weighted by atomic mass is 10.2. The van der Waals surface area contributed by atoms with Gasteiger partial charge in [0.2, 0.25) is 5.91 Å². The summed E-state index contributed by atoms with van der Waals surface area (Å²) in [5.74, 6) is -0.0425. The van der Waals surface area contributed by atoms with Gasteiger partial charge in [-0.25, -0.2) is 4.98 Å². The predicted octanol–water partition coefficient (Wildman–Crippen LogP) is 0.540. The van der Waals surface area contributed by atoms with Crippen LogP contribution >= 0.6 is 11.6 Å². The van der Waals surface area contributed by atoms with Crippen LogP contribution in [0, 0.1) is 0 Å². The third kappa shape index (κ3) is 3.10. The SMILES string of the molecule is CC(NCc1nc2cc(Cl)ccc2c(=O)[nH]1)C(N)=O. The average Bonchev–Trinajstić information content (AvgIpc) is 2.35. The highest BCUT2D eigenvalue weighted by molar-refractivity contribution is 6.31. The fourth-order valence-corrected chi connectivity index (χ4v) is 1.76. The molecule has 0 fully saturated rings. The number of H-pyrrole nitrogens is 1. The van der Waals surface area contributed by atoms with E-state index in [2.05, 4.69) is 15.3 Å². The van der Waals surface area contributed by atoms with Crippen LogP contribution in [0.4, 0.5) is 0 Å². The molecular formula is C12H13ClN4O2. The van der Waals surface area contributed by atoms with Crippen molar-refractivity contribution in [2.75, 3.05) is 0 Å². The zero-order valence-electron chi connectivity index (χ0n) is 10.2. The molecule has 4 N–H and O–H groups in total. The van der Waals surface area contributed by atoms with Gasteiger partial charge < -0.3 is 10.7 Å². The number of halogens is 1. The number of hydrogen-bond donors (Lipinski definition) is 3. The van der Waals surface area contributed by atoms with E-state index in [9.17, 15) is 9.59 Å². The van der Waals surface area contributed by atoms with E-state index in [-0.39, 0.29) is 12.1 Å². The molecule has 1 heterocycles. The van der Waals surface area contributed by atoms with Crippen molar-refractivity contribution in [1.29, 1.82) is 0 Å². The third-order valence-corrected chi connectivity index (χ3v) is 2.96. The van der Waals surface area contributed by atoms with E-state index in [1.54, 1.807) is 25.1 Å². The standard InChI is InChI=1S/C12H13ClN4O2/c1-6(11(14)18)15-5-10-16-9-4-7(13)2-3-8(9)12(19)17-10/h2-4,6,15H,5H2,1H3,(H2,14,18)(H,16,17,19). The van der Waals surface area contributed by atoms with Crippen LogP contribution < -0.4 is 16.6 Å². The Labute approximate surface area is 114 Å². The summed E-state index contributed by atoms with van der Waals surface area (Å²) in [7, 11) is 0. The highest BCUT2D eigenvalue weighted by Crippen LogP contribution is 2.14. The number of primary amides is 1. The summed E-state index contributed by atoms with van der Waals surface area (Å²) in [5.41, 5.74) is 5.40. The van der Waals surface area contributed by atoms with Crippen LogP contribution in [0.15, 0.2) is 23.0 Å². The van der Waals surface area contributed by atoms with Gasteiger partial charge in [-0.2, -0.15) is 0 Å². The Bertz CT molecular complexity index is 683. The molecule has 19 heavy (non-hydrogen) atoms. The number of nitrogens with two attached hydrogens (primary N) is 1. The van der Waals surface area contributed by atoms with Gasteiger partial charge in [0.1, 0.15) is 5.82 Å². The van der Waals surface area contributed by atoms with Gasteiger partial charge >= 0.3 is 0 Å². The monoisotopic (exact) mass is 280 g/mol. The average molecular weight is 281 g/mol. The highest BCUT2D eigenvalue weighted by Gasteiger charge is 2.09. The van der Waals surface area contributed by atoms with Crippen molar-refractivity contribution in [3.05, 3.63) is 39.4 Å². The van der Waals surface area contributed by atoms with E-state index >= 15 is 0 Å².